The van der Waals surface area contributed by atoms with Gasteiger partial charge in [-0.15, -0.1) is 10.2 Å². The molecular formula is C17H20N6O2S. The Bertz CT molecular complexity index is 1150. The lowest BCUT2D eigenvalue weighted by Crippen LogP contribution is -2.37. The quantitative estimate of drug-likeness (QED) is 0.723. The molecule has 0 radical (unpaired) electrons. The molecule has 3 aliphatic rings. The molecule has 0 saturated heterocycles. The maximum absolute atomic E-state index is 12.4. The molecule has 26 heavy (non-hydrogen) atoms. The van der Waals surface area contributed by atoms with Crippen LogP contribution < -0.4 is 4.72 Å². The number of hydrogen-bond acceptors (Lipinski definition) is 5. The minimum Gasteiger partial charge on any atom is -0.345 e. The Hall–Kier alpha value is -2.00. The molecule has 9 heteroatoms. The molecule has 3 aromatic heterocycles. The number of H-pyrrole nitrogens is 1. The topological polar surface area (TPSA) is 105 Å². The van der Waals surface area contributed by atoms with Gasteiger partial charge in [-0.05, 0) is 43.1 Å². The van der Waals surface area contributed by atoms with Crippen LogP contribution in [0.15, 0.2) is 18.5 Å². The molecule has 0 unspecified atom stereocenters. The zero-order valence-electron chi connectivity index (χ0n) is 14.4. The van der Waals surface area contributed by atoms with Crippen molar-refractivity contribution < 1.29 is 8.42 Å². The Labute approximate surface area is 150 Å². The number of nitrogens with one attached hydrogen (secondary N) is 2. The summed E-state index contributed by atoms with van der Waals surface area (Å²) in [6, 6.07) is 1.99. The van der Waals surface area contributed by atoms with Gasteiger partial charge in [0, 0.05) is 18.2 Å². The fraction of sp³-hybridized carbons (Fsp3) is 0.588. The number of aromatic amines is 1. The third-order valence-electron chi connectivity index (χ3n) is 6.68. The molecule has 3 saturated carbocycles. The smallest absolute Gasteiger partial charge is 0.214 e. The van der Waals surface area contributed by atoms with Crippen LogP contribution in [0.2, 0.25) is 0 Å². The second-order valence-corrected chi connectivity index (χ2v) is 10.3. The fourth-order valence-corrected chi connectivity index (χ4v) is 6.58. The van der Waals surface area contributed by atoms with Crippen LogP contribution in [0.25, 0.3) is 16.8 Å². The standard InChI is InChI=1S/C17H20N6O2S/c1-17-7-11(17)12(22-26(24,25)9-2-3-9)6-10(17)16-21-20-14-8-19-15-13(23(14)16)4-5-18-15/h4-5,8-12,18,22H,2-3,6-7H2,1H3/t10-,11-,12-,17+/m1/s1. The van der Waals surface area contributed by atoms with E-state index in [-0.39, 0.29) is 22.6 Å². The van der Waals surface area contributed by atoms with Crippen molar-refractivity contribution in [1.29, 1.82) is 0 Å². The van der Waals surface area contributed by atoms with Crippen molar-refractivity contribution in [2.75, 3.05) is 0 Å². The first kappa shape index (κ1) is 15.1. The number of hydrogen-bond donors (Lipinski definition) is 2. The van der Waals surface area contributed by atoms with E-state index in [0.717, 1.165) is 48.3 Å². The Morgan fingerprint density at radius 3 is 3.00 bits per heavy atom. The van der Waals surface area contributed by atoms with Crippen LogP contribution in [-0.2, 0) is 10.0 Å². The van der Waals surface area contributed by atoms with Crippen LogP contribution in [0, 0.1) is 11.3 Å². The van der Waals surface area contributed by atoms with Crippen LogP contribution in [0.4, 0.5) is 0 Å². The summed E-state index contributed by atoms with van der Waals surface area (Å²) in [4.78, 5) is 7.51. The average molecular weight is 372 g/mol. The van der Waals surface area contributed by atoms with Gasteiger partial charge in [-0.2, -0.15) is 0 Å². The van der Waals surface area contributed by atoms with Crippen LogP contribution >= 0.6 is 0 Å². The van der Waals surface area contributed by atoms with Gasteiger partial charge in [0.1, 0.15) is 5.82 Å². The highest BCUT2D eigenvalue weighted by Crippen LogP contribution is 2.69. The van der Waals surface area contributed by atoms with Gasteiger partial charge in [-0.25, -0.2) is 18.1 Å². The van der Waals surface area contributed by atoms with Crippen molar-refractivity contribution in [2.45, 2.75) is 49.8 Å². The van der Waals surface area contributed by atoms with E-state index < -0.39 is 10.0 Å². The monoisotopic (exact) mass is 372 g/mol. The van der Waals surface area contributed by atoms with Gasteiger partial charge in [-0.1, -0.05) is 6.92 Å². The molecule has 4 atom stereocenters. The fourth-order valence-electron chi connectivity index (χ4n) is 4.94. The van der Waals surface area contributed by atoms with Gasteiger partial charge in [0.25, 0.3) is 0 Å². The first-order valence-corrected chi connectivity index (χ1v) is 10.7. The molecule has 2 N–H and O–H groups in total. The minimum absolute atomic E-state index is 0.00602. The largest absolute Gasteiger partial charge is 0.345 e. The normalized spacial score (nSPS) is 33.8. The Kier molecular flexibility index (Phi) is 2.69. The lowest BCUT2D eigenvalue weighted by molar-refractivity contribution is 0.438. The zero-order valence-corrected chi connectivity index (χ0v) is 15.2. The number of sulfonamides is 1. The molecule has 0 aliphatic heterocycles. The maximum atomic E-state index is 12.4. The molecule has 3 aromatic rings. The van der Waals surface area contributed by atoms with Crippen LogP contribution in [0.1, 0.15) is 44.3 Å². The van der Waals surface area contributed by atoms with Crippen molar-refractivity contribution >= 4 is 26.8 Å². The van der Waals surface area contributed by atoms with Crippen LogP contribution in [0.3, 0.4) is 0 Å². The Morgan fingerprint density at radius 2 is 2.19 bits per heavy atom. The molecule has 0 amide bonds. The molecule has 0 spiro atoms. The highest BCUT2D eigenvalue weighted by atomic mass is 32.2. The van der Waals surface area contributed by atoms with E-state index in [1.165, 1.54) is 0 Å². The lowest BCUT2D eigenvalue weighted by atomic mass is 9.91. The summed E-state index contributed by atoms with van der Waals surface area (Å²) in [5, 5.41) is 8.63. The summed E-state index contributed by atoms with van der Waals surface area (Å²) in [5.41, 5.74) is 2.59. The summed E-state index contributed by atoms with van der Waals surface area (Å²) in [6.07, 6.45) is 6.99. The molecule has 3 fully saturated rings. The van der Waals surface area contributed by atoms with Crippen molar-refractivity contribution in [3.05, 3.63) is 24.3 Å². The number of aromatic nitrogens is 5. The van der Waals surface area contributed by atoms with Crippen molar-refractivity contribution in [2.24, 2.45) is 11.3 Å². The summed E-state index contributed by atoms with van der Waals surface area (Å²) in [6.45, 7) is 2.25. The number of rotatable bonds is 4. The van der Waals surface area contributed by atoms with Crippen molar-refractivity contribution in [1.82, 2.24) is 29.3 Å². The van der Waals surface area contributed by atoms with E-state index in [1.807, 2.05) is 12.3 Å². The van der Waals surface area contributed by atoms with E-state index in [9.17, 15) is 8.42 Å². The molecular weight excluding hydrogens is 352 g/mol. The van der Waals surface area contributed by atoms with Crippen LogP contribution in [-0.4, -0.2) is 44.3 Å². The molecule has 6 rings (SSSR count). The van der Waals surface area contributed by atoms with Gasteiger partial charge >= 0.3 is 0 Å². The number of fused-ring (bicyclic) bond motifs is 4. The Morgan fingerprint density at radius 1 is 1.35 bits per heavy atom. The van der Waals surface area contributed by atoms with Crippen molar-refractivity contribution in [3.63, 3.8) is 0 Å². The van der Waals surface area contributed by atoms with E-state index in [1.54, 1.807) is 6.20 Å². The SMILES string of the molecule is C[C@@]12C[C@@H]1[C@H](NS(=O)(=O)C1CC1)C[C@@H]2c1nnc2cnc3[nH]ccc3n12. The molecule has 136 valence electrons. The Balaban J connectivity index is 1.41. The predicted molar refractivity (Wildman–Crippen MR) is 95.1 cm³/mol. The van der Waals surface area contributed by atoms with E-state index in [4.69, 9.17) is 0 Å². The minimum atomic E-state index is -3.17. The molecule has 0 bridgehead atoms. The third-order valence-corrected chi connectivity index (χ3v) is 8.66. The second kappa shape index (κ2) is 4.64. The van der Waals surface area contributed by atoms with Gasteiger partial charge in [0.15, 0.2) is 11.3 Å². The zero-order chi connectivity index (χ0) is 17.7. The molecule has 3 aliphatic carbocycles. The molecule has 0 aromatic carbocycles. The summed E-state index contributed by atoms with van der Waals surface area (Å²) >= 11 is 0. The first-order chi connectivity index (χ1) is 12.5. The van der Waals surface area contributed by atoms with Crippen LogP contribution in [0.5, 0.6) is 0 Å². The van der Waals surface area contributed by atoms with Crippen molar-refractivity contribution in [3.8, 4) is 0 Å². The average Bonchev–Trinajstić information content (AvgIpc) is 3.43. The highest BCUT2D eigenvalue weighted by Gasteiger charge is 2.66. The van der Waals surface area contributed by atoms with Gasteiger partial charge in [-0.3, -0.25) is 4.40 Å². The second-order valence-electron chi connectivity index (χ2n) is 8.29. The summed E-state index contributed by atoms with van der Waals surface area (Å²) in [7, 11) is -3.17. The number of nitrogens with zero attached hydrogens (tertiary/aromatic N) is 4. The summed E-state index contributed by atoms with van der Waals surface area (Å²) < 4.78 is 29.9. The molecule has 8 nitrogen and oxygen atoms in total. The lowest BCUT2D eigenvalue weighted by Gasteiger charge is -2.19. The van der Waals surface area contributed by atoms with Gasteiger partial charge in [0.2, 0.25) is 10.0 Å². The summed E-state index contributed by atoms with van der Waals surface area (Å²) in [5.74, 6) is 1.50. The predicted octanol–water partition coefficient (Wildman–Crippen LogP) is 1.57. The highest BCUT2D eigenvalue weighted by molar-refractivity contribution is 7.90. The third kappa shape index (κ3) is 1.92. The maximum Gasteiger partial charge on any atom is 0.214 e. The van der Waals surface area contributed by atoms with E-state index in [2.05, 4.69) is 36.2 Å². The van der Waals surface area contributed by atoms with E-state index in [0.29, 0.717) is 5.92 Å². The first-order valence-electron chi connectivity index (χ1n) is 9.16. The molecule has 3 heterocycles. The van der Waals surface area contributed by atoms with Gasteiger partial charge < -0.3 is 4.98 Å². The van der Waals surface area contributed by atoms with Gasteiger partial charge in [0.05, 0.1) is 17.0 Å². The van der Waals surface area contributed by atoms with E-state index >= 15 is 0 Å².